The zero-order valence-corrected chi connectivity index (χ0v) is 11.8. The molecular weight excluding hydrogens is 250 g/mol. The molecule has 1 atom stereocenters. The van der Waals surface area contributed by atoms with Crippen LogP contribution in [0.1, 0.15) is 29.9 Å². The van der Waals surface area contributed by atoms with Crippen LogP contribution in [0.25, 0.3) is 0 Å². The highest BCUT2D eigenvalue weighted by Gasteiger charge is 2.37. The molecule has 4 nitrogen and oxygen atoms in total. The predicted octanol–water partition coefficient (Wildman–Crippen LogP) is 1.99. The van der Waals surface area contributed by atoms with Crippen molar-refractivity contribution in [1.82, 2.24) is 4.90 Å². The van der Waals surface area contributed by atoms with E-state index >= 15 is 0 Å². The van der Waals surface area contributed by atoms with Gasteiger partial charge in [-0.2, -0.15) is 0 Å². The van der Waals surface area contributed by atoms with Crippen LogP contribution in [0.15, 0.2) is 11.4 Å². The Morgan fingerprint density at radius 2 is 2.33 bits per heavy atom. The molecule has 1 unspecified atom stereocenters. The van der Waals surface area contributed by atoms with Crippen LogP contribution >= 0.6 is 11.3 Å². The van der Waals surface area contributed by atoms with Crippen molar-refractivity contribution >= 4 is 17.2 Å². The maximum atomic E-state index is 12.4. The first-order valence-electron chi connectivity index (χ1n) is 6.04. The molecule has 1 aliphatic rings. The Morgan fingerprint density at radius 3 is 2.94 bits per heavy atom. The zero-order chi connectivity index (χ0) is 13.3. The molecule has 1 N–H and O–H groups in total. The van der Waals surface area contributed by atoms with Crippen LogP contribution in [0, 0.1) is 5.41 Å². The minimum atomic E-state index is -0.341. The number of carbonyl (C=O) groups is 1. The molecule has 0 radical (unpaired) electrons. The molecule has 18 heavy (non-hydrogen) atoms. The van der Waals surface area contributed by atoms with Crippen LogP contribution in [-0.4, -0.2) is 42.2 Å². The minimum absolute atomic E-state index is 0.00169. The van der Waals surface area contributed by atoms with Gasteiger partial charge in [0.1, 0.15) is 10.6 Å². The molecule has 2 heterocycles. The van der Waals surface area contributed by atoms with Gasteiger partial charge in [-0.25, -0.2) is 0 Å². The van der Waals surface area contributed by atoms with E-state index in [1.165, 1.54) is 11.3 Å². The number of hydrogen-bond acceptors (Lipinski definition) is 4. The second-order valence-electron chi connectivity index (χ2n) is 5.34. The monoisotopic (exact) mass is 269 g/mol. The van der Waals surface area contributed by atoms with Crippen molar-refractivity contribution in [2.24, 2.45) is 5.41 Å². The summed E-state index contributed by atoms with van der Waals surface area (Å²) in [5, 5.41) is 11.8. The lowest BCUT2D eigenvalue weighted by atomic mass is 9.81. The molecule has 5 heteroatoms. The molecule has 1 fully saturated rings. The average Bonchev–Trinajstić information content (AvgIpc) is 2.79. The van der Waals surface area contributed by atoms with Crippen LogP contribution in [0.3, 0.4) is 0 Å². The second kappa shape index (κ2) is 4.90. The summed E-state index contributed by atoms with van der Waals surface area (Å²) in [4.78, 5) is 14.9. The number of methoxy groups -OCH3 is 1. The lowest BCUT2D eigenvalue weighted by molar-refractivity contribution is -0.0181. The van der Waals surface area contributed by atoms with E-state index < -0.39 is 0 Å². The zero-order valence-electron chi connectivity index (χ0n) is 11.0. The molecule has 0 aliphatic carbocycles. The third-order valence-corrected chi connectivity index (χ3v) is 4.39. The van der Waals surface area contributed by atoms with Crippen molar-refractivity contribution in [2.45, 2.75) is 26.4 Å². The van der Waals surface area contributed by atoms with Gasteiger partial charge in [-0.15, -0.1) is 11.3 Å². The normalized spacial score (nSPS) is 22.9. The lowest BCUT2D eigenvalue weighted by Crippen LogP contribution is -2.50. The van der Waals surface area contributed by atoms with Crippen molar-refractivity contribution in [3.63, 3.8) is 0 Å². The Balaban J connectivity index is 2.16. The average molecular weight is 269 g/mol. The number of hydrogen-bond donors (Lipinski definition) is 1. The Kier molecular flexibility index (Phi) is 3.64. The molecule has 1 amide bonds. The smallest absolute Gasteiger partial charge is 0.267 e. The Morgan fingerprint density at radius 1 is 1.61 bits per heavy atom. The van der Waals surface area contributed by atoms with Gasteiger partial charge in [-0.3, -0.25) is 4.79 Å². The summed E-state index contributed by atoms with van der Waals surface area (Å²) in [6.07, 6.45) is 0.290. The molecule has 0 spiro atoms. The highest BCUT2D eigenvalue weighted by atomic mass is 32.1. The van der Waals surface area contributed by atoms with E-state index in [2.05, 4.69) is 0 Å². The highest BCUT2D eigenvalue weighted by Crippen LogP contribution is 2.32. The molecule has 2 rings (SSSR count). The van der Waals surface area contributed by atoms with Gasteiger partial charge in [0.15, 0.2) is 0 Å². The third-order valence-electron chi connectivity index (χ3n) is 3.50. The topological polar surface area (TPSA) is 49.8 Å². The van der Waals surface area contributed by atoms with E-state index in [1.54, 1.807) is 12.0 Å². The van der Waals surface area contributed by atoms with E-state index in [-0.39, 0.29) is 17.4 Å². The van der Waals surface area contributed by atoms with E-state index in [9.17, 15) is 9.90 Å². The lowest BCUT2D eigenvalue weighted by Gasteiger charge is -2.41. The summed E-state index contributed by atoms with van der Waals surface area (Å²) >= 11 is 1.40. The van der Waals surface area contributed by atoms with Crippen molar-refractivity contribution < 1.29 is 14.6 Å². The van der Waals surface area contributed by atoms with Crippen LogP contribution in [-0.2, 0) is 0 Å². The number of aliphatic hydroxyl groups is 1. The minimum Gasteiger partial charge on any atom is -0.495 e. The van der Waals surface area contributed by atoms with Crippen molar-refractivity contribution in [3.05, 3.63) is 16.3 Å². The van der Waals surface area contributed by atoms with Gasteiger partial charge in [0.2, 0.25) is 0 Å². The molecule has 0 aromatic carbocycles. The number of nitrogens with zero attached hydrogens (tertiary/aromatic N) is 1. The van der Waals surface area contributed by atoms with Crippen LogP contribution in [0.4, 0.5) is 0 Å². The second-order valence-corrected chi connectivity index (χ2v) is 6.25. The third kappa shape index (κ3) is 2.37. The number of rotatable bonds is 2. The predicted molar refractivity (Wildman–Crippen MR) is 71.2 cm³/mol. The van der Waals surface area contributed by atoms with Gasteiger partial charge < -0.3 is 14.7 Å². The largest absolute Gasteiger partial charge is 0.495 e. The van der Waals surface area contributed by atoms with Crippen molar-refractivity contribution in [3.8, 4) is 5.75 Å². The standard InChI is InChI=1S/C13H19NO3S/c1-13(2)8-14(6-4-10(13)15)12(16)11-9(17-3)5-7-18-11/h5,7,10,15H,4,6,8H2,1-3H3. The van der Waals surface area contributed by atoms with Crippen LogP contribution in [0.2, 0.25) is 0 Å². The van der Waals surface area contributed by atoms with Crippen LogP contribution in [0.5, 0.6) is 5.75 Å². The molecule has 0 bridgehead atoms. The summed E-state index contributed by atoms with van der Waals surface area (Å²) in [6.45, 7) is 5.16. The molecule has 1 aromatic rings. The van der Waals surface area contributed by atoms with E-state index in [4.69, 9.17) is 4.74 Å². The SMILES string of the molecule is COc1ccsc1C(=O)N1CCC(O)C(C)(C)C1. The van der Waals surface area contributed by atoms with Gasteiger partial charge in [0.25, 0.3) is 5.91 Å². The number of amides is 1. The fraction of sp³-hybridized carbons (Fsp3) is 0.615. The van der Waals surface area contributed by atoms with Gasteiger partial charge in [0, 0.05) is 18.5 Å². The van der Waals surface area contributed by atoms with E-state index in [0.29, 0.717) is 30.1 Å². The number of likely N-dealkylation sites (tertiary alicyclic amines) is 1. The highest BCUT2D eigenvalue weighted by molar-refractivity contribution is 7.12. The molecule has 1 aliphatic heterocycles. The molecule has 1 aromatic heterocycles. The first-order chi connectivity index (χ1) is 8.45. The summed E-state index contributed by atoms with van der Waals surface area (Å²) in [6, 6.07) is 1.81. The quantitative estimate of drug-likeness (QED) is 0.893. The fourth-order valence-electron chi connectivity index (χ4n) is 2.28. The molecule has 1 saturated heterocycles. The van der Waals surface area contributed by atoms with Crippen LogP contribution < -0.4 is 4.74 Å². The summed E-state index contributed by atoms with van der Waals surface area (Å²) in [5.41, 5.74) is -0.252. The molecule has 100 valence electrons. The first-order valence-corrected chi connectivity index (χ1v) is 6.92. The van der Waals surface area contributed by atoms with Gasteiger partial charge >= 0.3 is 0 Å². The molecule has 0 saturated carbocycles. The van der Waals surface area contributed by atoms with Crippen molar-refractivity contribution in [2.75, 3.05) is 20.2 Å². The van der Waals surface area contributed by atoms with Gasteiger partial charge in [0.05, 0.1) is 13.2 Å². The van der Waals surface area contributed by atoms with E-state index in [0.717, 1.165) is 0 Å². The Hall–Kier alpha value is -1.07. The number of thiophene rings is 1. The Labute approximate surface area is 111 Å². The maximum Gasteiger partial charge on any atom is 0.267 e. The maximum absolute atomic E-state index is 12.4. The van der Waals surface area contributed by atoms with Crippen molar-refractivity contribution in [1.29, 1.82) is 0 Å². The molecular formula is C13H19NO3S. The number of carbonyl (C=O) groups excluding carboxylic acids is 1. The summed E-state index contributed by atoms with van der Waals surface area (Å²) in [7, 11) is 1.57. The summed E-state index contributed by atoms with van der Waals surface area (Å²) in [5.74, 6) is 0.635. The van der Waals surface area contributed by atoms with Gasteiger partial charge in [-0.1, -0.05) is 13.8 Å². The number of ether oxygens (including phenoxy) is 1. The number of aliphatic hydroxyl groups excluding tert-OH is 1. The van der Waals surface area contributed by atoms with E-state index in [1.807, 2.05) is 25.3 Å². The fourth-order valence-corrected chi connectivity index (χ4v) is 3.10. The van der Waals surface area contributed by atoms with Gasteiger partial charge in [-0.05, 0) is 17.9 Å². The first kappa shape index (κ1) is 13.4. The summed E-state index contributed by atoms with van der Waals surface area (Å²) < 4.78 is 5.18. The number of piperidine rings is 1. The Bertz CT molecular complexity index is 441.